The first-order chi connectivity index (χ1) is 28.1. The predicted molar refractivity (Wildman–Crippen MR) is 254 cm³/mol. The second kappa shape index (κ2) is 49.7. The van der Waals surface area contributed by atoms with Crippen LogP contribution in [0.5, 0.6) is 0 Å². The van der Waals surface area contributed by atoms with Gasteiger partial charge in [-0.05, 0) is 71.2 Å². The fraction of sp³-hybridized carbons (Fsp3) is 0.980. The van der Waals surface area contributed by atoms with Crippen LogP contribution in [-0.4, -0.2) is 74.4 Å². The zero-order valence-electron chi connectivity index (χ0n) is 39.4. The Morgan fingerprint density at radius 2 is 0.719 bits per heavy atom. The summed E-state index contributed by atoms with van der Waals surface area (Å²) in [5, 5.41) is 21.2. The summed E-state index contributed by atoms with van der Waals surface area (Å²) < 4.78 is 0. The minimum Gasteiger partial charge on any atom is -0.390 e. The Bertz CT molecular complexity index is 753. The Morgan fingerprint density at radius 3 is 1.14 bits per heavy atom. The molecule has 0 rings (SSSR count). The second-order valence-corrected chi connectivity index (χ2v) is 18.0. The van der Waals surface area contributed by atoms with Crippen LogP contribution in [0.1, 0.15) is 265 Å². The van der Waals surface area contributed by atoms with Crippen molar-refractivity contribution in [3.05, 3.63) is 0 Å². The van der Waals surface area contributed by atoms with Gasteiger partial charge in [0.05, 0.1) is 6.10 Å². The predicted octanol–water partition coefficient (Wildman–Crippen LogP) is 13.8. The molecule has 0 aromatic rings. The number of rotatable bonds is 50. The average molecular weight is 807 g/mol. The molecule has 0 fully saturated rings. The van der Waals surface area contributed by atoms with E-state index in [0.29, 0.717) is 13.0 Å². The molecule has 0 aromatic carbocycles. The van der Waals surface area contributed by atoms with E-state index in [1.54, 1.807) is 0 Å². The number of nitrogens with one attached hydrogen (secondary N) is 3. The van der Waals surface area contributed by atoms with Crippen LogP contribution in [0.2, 0.25) is 0 Å². The standard InChI is InChI=1S/C51H106N4O2/c1-4-7-10-13-16-19-22-24-26-29-32-35-42-52-43-37-39-47-55(46-38-34-31-28-25-23-20-17-14-11-8-5-2)49-50(56)48-53-44-40-41-51(57)54-45-36-33-30-27-21-18-15-12-9-6-3/h50,52-53,56H,4-49H2,1-3H3,(H,54,57). The van der Waals surface area contributed by atoms with Crippen molar-refractivity contribution in [2.24, 2.45) is 0 Å². The zero-order chi connectivity index (χ0) is 41.4. The molecule has 0 bridgehead atoms. The molecular weight excluding hydrogens is 701 g/mol. The first-order valence-electron chi connectivity index (χ1n) is 26.2. The van der Waals surface area contributed by atoms with Gasteiger partial charge in [0.25, 0.3) is 0 Å². The molecule has 0 heterocycles. The lowest BCUT2D eigenvalue weighted by Crippen LogP contribution is -2.39. The zero-order valence-corrected chi connectivity index (χ0v) is 39.4. The topological polar surface area (TPSA) is 76.6 Å². The van der Waals surface area contributed by atoms with E-state index in [1.807, 2.05) is 0 Å². The van der Waals surface area contributed by atoms with Crippen LogP contribution in [0, 0.1) is 0 Å². The normalized spacial score (nSPS) is 12.2. The maximum atomic E-state index is 12.3. The molecule has 57 heavy (non-hydrogen) atoms. The lowest BCUT2D eigenvalue weighted by atomic mass is 10.1. The van der Waals surface area contributed by atoms with Crippen molar-refractivity contribution in [3.63, 3.8) is 0 Å². The summed E-state index contributed by atoms with van der Waals surface area (Å²) in [4.78, 5) is 14.8. The Kier molecular flexibility index (Phi) is 49.1. The van der Waals surface area contributed by atoms with Gasteiger partial charge in [-0.1, -0.05) is 220 Å². The largest absolute Gasteiger partial charge is 0.390 e. The monoisotopic (exact) mass is 807 g/mol. The van der Waals surface area contributed by atoms with E-state index in [4.69, 9.17) is 0 Å². The maximum Gasteiger partial charge on any atom is 0.220 e. The third kappa shape index (κ3) is 47.9. The quantitative estimate of drug-likeness (QED) is 0.0461. The van der Waals surface area contributed by atoms with Crippen molar-refractivity contribution >= 4 is 5.91 Å². The van der Waals surface area contributed by atoms with Crippen molar-refractivity contribution in [3.8, 4) is 0 Å². The van der Waals surface area contributed by atoms with Crippen molar-refractivity contribution in [2.45, 2.75) is 271 Å². The van der Waals surface area contributed by atoms with Crippen LogP contribution in [0.25, 0.3) is 0 Å². The third-order valence-corrected chi connectivity index (χ3v) is 12.1. The molecule has 0 aromatic heterocycles. The number of carbonyl (C=O) groups excluding carboxylic acids is 1. The van der Waals surface area contributed by atoms with Gasteiger partial charge in [0.15, 0.2) is 0 Å². The molecule has 1 atom stereocenters. The van der Waals surface area contributed by atoms with Gasteiger partial charge in [-0.15, -0.1) is 0 Å². The van der Waals surface area contributed by atoms with E-state index in [-0.39, 0.29) is 12.0 Å². The molecule has 0 aliphatic rings. The van der Waals surface area contributed by atoms with Crippen LogP contribution >= 0.6 is 0 Å². The molecule has 0 saturated carbocycles. The SMILES string of the molecule is CCCCCCCCCCCCCCNCCCCN(CCCCCCCCCCCCCC)CC(O)CNCCCC(=O)NCCCCCCCCCCCC. The highest BCUT2D eigenvalue weighted by Gasteiger charge is 2.12. The number of hydrogen-bond donors (Lipinski definition) is 4. The van der Waals surface area contributed by atoms with E-state index in [9.17, 15) is 9.90 Å². The molecule has 0 saturated heterocycles. The van der Waals surface area contributed by atoms with Crippen LogP contribution in [0.15, 0.2) is 0 Å². The molecule has 1 amide bonds. The van der Waals surface area contributed by atoms with Gasteiger partial charge in [0.1, 0.15) is 0 Å². The highest BCUT2D eigenvalue weighted by atomic mass is 16.3. The Balaban J connectivity index is 4.11. The molecule has 6 nitrogen and oxygen atoms in total. The summed E-state index contributed by atoms with van der Waals surface area (Å²) in [6.07, 6.45) is 50.1. The van der Waals surface area contributed by atoms with Gasteiger partial charge in [-0.2, -0.15) is 0 Å². The van der Waals surface area contributed by atoms with Gasteiger partial charge >= 0.3 is 0 Å². The van der Waals surface area contributed by atoms with Crippen molar-refractivity contribution in [1.82, 2.24) is 20.9 Å². The van der Waals surface area contributed by atoms with Gasteiger partial charge < -0.3 is 26.0 Å². The molecule has 0 aliphatic heterocycles. The van der Waals surface area contributed by atoms with Crippen molar-refractivity contribution < 1.29 is 9.90 Å². The van der Waals surface area contributed by atoms with E-state index in [1.165, 1.54) is 225 Å². The number of aliphatic hydroxyl groups is 1. The smallest absolute Gasteiger partial charge is 0.220 e. The lowest BCUT2D eigenvalue weighted by Gasteiger charge is -2.25. The molecule has 6 heteroatoms. The van der Waals surface area contributed by atoms with Crippen LogP contribution in [-0.2, 0) is 4.79 Å². The van der Waals surface area contributed by atoms with Gasteiger partial charge in [-0.25, -0.2) is 0 Å². The first-order valence-corrected chi connectivity index (χ1v) is 26.2. The summed E-state index contributed by atoms with van der Waals surface area (Å²) in [6.45, 7) is 14.3. The van der Waals surface area contributed by atoms with E-state index >= 15 is 0 Å². The maximum absolute atomic E-state index is 12.3. The fourth-order valence-corrected chi connectivity index (χ4v) is 8.21. The highest BCUT2D eigenvalue weighted by Crippen LogP contribution is 2.14. The number of unbranched alkanes of at least 4 members (excludes halogenated alkanes) is 32. The molecule has 342 valence electrons. The molecule has 1 unspecified atom stereocenters. The van der Waals surface area contributed by atoms with Crippen molar-refractivity contribution in [2.75, 3.05) is 52.4 Å². The Labute approximate surface area is 358 Å². The number of hydrogen-bond acceptors (Lipinski definition) is 5. The highest BCUT2D eigenvalue weighted by molar-refractivity contribution is 5.75. The average Bonchev–Trinajstić information content (AvgIpc) is 3.21. The minimum atomic E-state index is -0.364. The summed E-state index contributed by atoms with van der Waals surface area (Å²) in [6, 6.07) is 0. The summed E-state index contributed by atoms with van der Waals surface area (Å²) >= 11 is 0. The Hall–Kier alpha value is -0.690. The molecular formula is C51H106N4O2. The van der Waals surface area contributed by atoms with Gasteiger partial charge in [-0.3, -0.25) is 4.79 Å². The number of nitrogens with zero attached hydrogens (tertiary/aromatic N) is 1. The number of aliphatic hydroxyl groups excluding tert-OH is 1. The van der Waals surface area contributed by atoms with E-state index in [0.717, 1.165) is 58.7 Å². The molecule has 0 radical (unpaired) electrons. The molecule has 0 spiro atoms. The van der Waals surface area contributed by atoms with Gasteiger partial charge in [0.2, 0.25) is 5.91 Å². The van der Waals surface area contributed by atoms with Crippen LogP contribution in [0.4, 0.5) is 0 Å². The van der Waals surface area contributed by atoms with E-state index in [2.05, 4.69) is 41.6 Å². The molecule has 0 aliphatic carbocycles. The Morgan fingerprint density at radius 1 is 0.404 bits per heavy atom. The van der Waals surface area contributed by atoms with Crippen LogP contribution in [0.3, 0.4) is 0 Å². The number of carbonyl (C=O) groups is 1. The van der Waals surface area contributed by atoms with Crippen molar-refractivity contribution in [1.29, 1.82) is 0 Å². The summed E-state index contributed by atoms with van der Waals surface area (Å²) in [7, 11) is 0. The van der Waals surface area contributed by atoms with E-state index < -0.39 is 0 Å². The third-order valence-electron chi connectivity index (χ3n) is 12.1. The summed E-state index contributed by atoms with van der Waals surface area (Å²) in [5.74, 6) is 0.172. The summed E-state index contributed by atoms with van der Waals surface area (Å²) in [5.41, 5.74) is 0. The minimum absolute atomic E-state index is 0.172. The second-order valence-electron chi connectivity index (χ2n) is 18.0. The fourth-order valence-electron chi connectivity index (χ4n) is 8.21. The first kappa shape index (κ1) is 56.3. The number of amides is 1. The van der Waals surface area contributed by atoms with Crippen LogP contribution < -0.4 is 16.0 Å². The lowest BCUT2D eigenvalue weighted by molar-refractivity contribution is -0.121. The van der Waals surface area contributed by atoms with Gasteiger partial charge in [0, 0.05) is 26.1 Å². The molecule has 4 N–H and O–H groups in total.